The average Bonchev–Trinajstić information content (AvgIpc) is 3.12. The van der Waals surface area contributed by atoms with Gasteiger partial charge in [0.2, 0.25) is 5.91 Å². The molecule has 1 atom stereocenters. The van der Waals surface area contributed by atoms with Crippen molar-refractivity contribution in [1.82, 2.24) is 14.8 Å². The molecule has 1 aromatic carbocycles. The minimum Gasteiger partial charge on any atom is -0.381 e. The second-order valence-electron chi connectivity index (χ2n) is 4.53. The van der Waals surface area contributed by atoms with Crippen LogP contribution < -0.4 is 5.32 Å². The van der Waals surface area contributed by atoms with Gasteiger partial charge < -0.3 is 10.1 Å². The number of benzene rings is 1. The van der Waals surface area contributed by atoms with Gasteiger partial charge >= 0.3 is 0 Å². The number of hydrogen-bond donors (Lipinski definition) is 1. The molecule has 1 unspecified atom stereocenters. The summed E-state index contributed by atoms with van der Waals surface area (Å²) in [6.07, 6.45) is 3.69. The first-order valence-corrected chi connectivity index (χ1v) is 6.65. The van der Waals surface area contributed by atoms with E-state index in [9.17, 15) is 4.79 Å². The molecule has 0 spiro atoms. The van der Waals surface area contributed by atoms with Crippen LogP contribution in [0.15, 0.2) is 30.9 Å². The molecule has 6 nitrogen and oxygen atoms in total. The largest absolute Gasteiger partial charge is 0.381 e. The van der Waals surface area contributed by atoms with Crippen LogP contribution in [0.25, 0.3) is 5.69 Å². The first-order chi connectivity index (χ1) is 9.75. The number of ether oxygens (including phenoxy) is 1. The normalized spacial score (nSPS) is 18.1. The van der Waals surface area contributed by atoms with Crippen molar-refractivity contribution in [1.29, 1.82) is 0 Å². The van der Waals surface area contributed by atoms with Gasteiger partial charge in [-0.15, -0.1) is 0 Å². The quantitative estimate of drug-likeness (QED) is 0.938. The van der Waals surface area contributed by atoms with E-state index in [0.717, 1.165) is 6.42 Å². The molecule has 20 heavy (non-hydrogen) atoms. The van der Waals surface area contributed by atoms with Gasteiger partial charge in [0.25, 0.3) is 0 Å². The Balaban J connectivity index is 1.89. The number of halogens is 1. The molecule has 1 aliphatic rings. The number of rotatable bonds is 3. The van der Waals surface area contributed by atoms with Crippen molar-refractivity contribution in [2.75, 3.05) is 18.5 Å². The van der Waals surface area contributed by atoms with Crippen molar-refractivity contribution in [2.45, 2.75) is 6.42 Å². The van der Waals surface area contributed by atoms with Gasteiger partial charge in [-0.3, -0.25) is 4.79 Å². The number of carbonyl (C=O) groups is 1. The Morgan fingerprint density at radius 2 is 2.40 bits per heavy atom. The molecule has 0 saturated carbocycles. The van der Waals surface area contributed by atoms with E-state index in [1.807, 2.05) is 0 Å². The van der Waals surface area contributed by atoms with Gasteiger partial charge in [-0.25, -0.2) is 9.67 Å². The maximum Gasteiger partial charge on any atom is 0.229 e. The molecule has 2 aromatic rings. The van der Waals surface area contributed by atoms with Crippen LogP contribution in [0, 0.1) is 5.92 Å². The second-order valence-corrected chi connectivity index (χ2v) is 4.93. The van der Waals surface area contributed by atoms with E-state index in [0.29, 0.717) is 29.6 Å². The highest BCUT2D eigenvalue weighted by atomic mass is 35.5. The fourth-order valence-corrected chi connectivity index (χ4v) is 2.41. The van der Waals surface area contributed by atoms with Gasteiger partial charge in [-0.05, 0) is 18.6 Å². The standard InChI is InChI=1S/C13H13ClN4O2/c14-10-2-1-3-11(12(10)18-8-15-7-16-18)17-13(19)9-4-5-20-6-9/h1-3,7-9H,4-6H2,(H,17,19). The summed E-state index contributed by atoms with van der Waals surface area (Å²) < 4.78 is 6.76. The topological polar surface area (TPSA) is 69.0 Å². The molecular formula is C13H13ClN4O2. The molecular weight excluding hydrogens is 280 g/mol. The van der Waals surface area contributed by atoms with E-state index < -0.39 is 0 Å². The molecule has 1 aliphatic heterocycles. The number of para-hydroxylation sites is 1. The molecule has 104 valence electrons. The van der Waals surface area contributed by atoms with Crippen LogP contribution in [-0.2, 0) is 9.53 Å². The lowest BCUT2D eigenvalue weighted by Crippen LogP contribution is -2.23. The highest BCUT2D eigenvalue weighted by Crippen LogP contribution is 2.28. The van der Waals surface area contributed by atoms with E-state index in [-0.39, 0.29) is 11.8 Å². The van der Waals surface area contributed by atoms with Gasteiger partial charge in [0, 0.05) is 6.61 Å². The van der Waals surface area contributed by atoms with E-state index in [4.69, 9.17) is 16.3 Å². The molecule has 1 N–H and O–H groups in total. The maximum absolute atomic E-state index is 12.2. The van der Waals surface area contributed by atoms with Gasteiger partial charge in [-0.2, -0.15) is 5.10 Å². The monoisotopic (exact) mass is 292 g/mol. The Kier molecular flexibility index (Phi) is 3.66. The Bertz CT molecular complexity index is 609. The molecule has 7 heteroatoms. The molecule has 0 aliphatic carbocycles. The fourth-order valence-electron chi connectivity index (χ4n) is 2.15. The van der Waals surface area contributed by atoms with Crippen molar-refractivity contribution < 1.29 is 9.53 Å². The molecule has 1 fully saturated rings. The third-order valence-corrected chi connectivity index (χ3v) is 3.50. The lowest BCUT2D eigenvalue weighted by atomic mass is 10.1. The zero-order chi connectivity index (χ0) is 13.9. The van der Waals surface area contributed by atoms with Crippen LogP contribution in [0.2, 0.25) is 5.02 Å². The molecule has 1 amide bonds. The third kappa shape index (κ3) is 2.52. The van der Waals surface area contributed by atoms with E-state index in [1.54, 1.807) is 18.2 Å². The number of hydrogen-bond acceptors (Lipinski definition) is 4. The second kappa shape index (κ2) is 5.60. The minimum absolute atomic E-state index is 0.0638. The number of nitrogens with one attached hydrogen (secondary N) is 1. The van der Waals surface area contributed by atoms with Crippen LogP contribution in [0.5, 0.6) is 0 Å². The fraction of sp³-hybridized carbons (Fsp3) is 0.308. The van der Waals surface area contributed by atoms with Gasteiger partial charge in [0.05, 0.1) is 23.2 Å². The summed E-state index contributed by atoms with van der Waals surface area (Å²) in [5.41, 5.74) is 1.22. The zero-order valence-corrected chi connectivity index (χ0v) is 11.4. The number of nitrogens with zero attached hydrogens (tertiary/aromatic N) is 3. The Morgan fingerprint density at radius 3 is 3.10 bits per heavy atom. The van der Waals surface area contributed by atoms with Crippen molar-refractivity contribution in [3.05, 3.63) is 35.9 Å². The molecule has 3 rings (SSSR count). The summed E-state index contributed by atoms with van der Waals surface area (Å²) in [7, 11) is 0. The van der Waals surface area contributed by atoms with Crippen LogP contribution in [0.3, 0.4) is 0 Å². The van der Waals surface area contributed by atoms with E-state index >= 15 is 0 Å². The zero-order valence-electron chi connectivity index (χ0n) is 10.6. The summed E-state index contributed by atoms with van der Waals surface area (Å²) in [5, 5.41) is 7.44. The van der Waals surface area contributed by atoms with E-state index in [2.05, 4.69) is 15.4 Å². The molecule has 1 saturated heterocycles. The summed E-state index contributed by atoms with van der Waals surface area (Å²) in [6.45, 7) is 1.09. The Labute approximate surface area is 120 Å². The number of amides is 1. The van der Waals surface area contributed by atoms with E-state index in [1.165, 1.54) is 17.3 Å². The average molecular weight is 293 g/mol. The highest BCUT2D eigenvalue weighted by Gasteiger charge is 2.24. The Hall–Kier alpha value is -1.92. The minimum atomic E-state index is -0.113. The first kappa shape index (κ1) is 13.1. The lowest BCUT2D eigenvalue weighted by molar-refractivity contribution is -0.119. The first-order valence-electron chi connectivity index (χ1n) is 6.28. The third-order valence-electron chi connectivity index (χ3n) is 3.19. The SMILES string of the molecule is O=C(Nc1cccc(Cl)c1-n1cncn1)C1CCOC1. The lowest BCUT2D eigenvalue weighted by Gasteiger charge is -2.14. The summed E-state index contributed by atoms with van der Waals surface area (Å²) >= 11 is 6.20. The maximum atomic E-state index is 12.2. The number of aromatic nitrogens is 3. The van der Waals surface area contributed by atoms with Gasteiger partial charge in [-0.1, -0.05) is 17.7 Å². The van der Waals surface area contributed by atoms with Crippen molar-refractivity contribution in [3.8, 4) is 5.69 Å². The number of anilines is 1. The predicted molar refractivity (Wildman–Crippen MR) is 73.9 cm³/mol. The van der Waals surface area contributed by atoms with Gasteiger partial charge in [0.15, 0.2) is 0 Å². The van der Waals surface area contributed by atoms with Crippen LogP contribution in [-0.4, -0.2) is 33.9 Å². The van der Waals surface area contributed by atoms with Crippen LogP contribution >= 0.6 is 11.6 Å². The molecule has 0 bridgehead atoms. The van der Waals surface area contributed by atoms with Crippen LogP contribution in [0.4, 0.5) is 5.69 Å². The number of carbonyl (C=O) groups excluding carboxylic acids is 1. The highest BCUT2D eigenvalue weighted by molar-refractivity contribution is 6.33. The van der Waals surface area contributed by atoms with Crippen LogP contribution in [0.1, 0.15) is 6.42 Å². The smallest absolute Gasteiger partial charge is 0.229 e. The predicted octanol–water partition coefficient (Wildman–Crippen LogP) is 1.90. The molecule has 0 radical (unpaired) electrons. The van der Waals surface area contributed by atoms with Crippen molar-refractivity contribution in [3.63, 3.8) is 0 Å². The summed E-state index contributed by atoms with van der Waals surface area (Å²) in [6, 6.07) is 5.31. The summed E-state index contributed by atoms with van der Waals surface area (Å²) in [4.78, 5) is 16.1. The van der Waals surface area contributed by atoms with Crippen molar-refractivity contribution >= 4 is 23.2 Å². The molecule has 2 heterocycles. The Morgan fingerprint density at radius 1 is 1.50 bits per heavy atom. The molecule has 1 aromatic heterocycles. The summed E-state index contributed by atoms with van der Waals surface area (Å²) in [5.74, 6) is -0.177. The van der Waals surface area contributed by atoms with Gasteiger partial charge in [0.1, 0.15) is 18.3 Å². The van der Waals surface area contributed by atoms with Crippen molar-refractivity contribution in [2.24, 2.45) is 5.92 Å².